The van der Waals surface area contributed by atoms with Gasteiger partial charge in [-0.2, -0.15) is 0 Å². The quantitative estimate of drug-likeness (QED) is 0.589. The van der Waals surface area contributed by atoms with Crippen molar-refractivity contribution in [2.24, 2.45) is 0 Å². The van der Waals surface area contributed by atoms with Crippen LogP contribution in [0.25, 0.3) is 10.1 Å². The Labute approximate surface area is 72.2 Å². The molecule has 0 saturated heterocycles. The van der Waals surface area contributed by atoms with E-state index < -0.39 is 0 Å². The van der Waals surface area contributed by atoms with E-state index in [9.17, 15) is 4.39 Å². The van der Waals surface area contributed by atoms with Crippen LogP contribution in [0, 0.1) is 5.82 Å². The highest BCUT2D eigenvalue weighted by Crippen LogP contribution is 2.30. The lowest BCUT2D eigenvalue weighted by Crippen LogP contribution is -1.69. The molecule has 2 aromatic rings. The maximum Gasteiger partial charge on any atom is 0.143 e. The van der Waals surface area contributed by atoms with Crippen molar-refractivity contribution in [3.8, 4) is 0 Å². The number of rotatable bonds is 0. The van der Waals surface area contributed by atoms with Gasteiger partial charge < -0.3 is 0 Å². The maximum atomic E-state index is 12.9. The summed E-state index contributed by atoms with van der Waals surface area (Å²) >= 11 is 7.14. The lowest BCUT2D eigenvalue weighted by atomic mass is 10.2. The average Bonchev–Trinajstić information content (AvgIpc) is 2.34. The SMILES string of the molecule is Fc1csc2cccc(Cl)c12. The fourth-order valence-electron chi connectivity index (χ4n) is 1.01. The van der Waals surface area contributed by atoms with Gasteiger partial charge in [0.25, 0.3) is 0 Å². The minimum absolute atomic E-state index is 0.226. The first-order valence-corrected chi connectivity index (χ1v) is 4.36. The topological polar surface area (TPSA) is 0 Å². The first kappa shape index (κ1) is 7.07. The number of thiophene rings is 1. The molecule has 1 heterocycles. The van der Waals surface area contributed by atoms with E-state index in [-0.39, 0.29) is 5.82 Å². The van der Waals surface area contributed by atoms with E-state index in [1.165, 1.54) is 16.7 Å². The second kappa shape index (κ2) is 2.47. The molecule has 0 amide bonds. The Hall–Kier alpha value is -0.600. The van der Waals surface area contributed by atoms with Crippen molar-refractivity contribution in [1.82, 2.24) is 0 Å². The summed E-state index contributed by atoms with van der Waals surface area (Å²) in [6, 6.07) is 5.37. The number of fused-ring (bicyclic) bond motifs is 1. The van der Waals surface area contributed by atoms with E-state index in [4.69, 9.17) is 11.6 Å². The van der Waals surface area contributed by atoms with Crippen LogP contribution in [0.3, 0.4) is 0 Å². The van der Waals surface area contributed by atoms with Gasteiger partial charge in [-0.15, -0.1) is 11.3 Å². The van der Waals surface area contributed by atoms with Gasteiger partial charge in [0.2, 0.25) is 0 Å². The summed E-state index contributed by atoms with van der Waals surface area (Å²) in [6.45, 7) is 0. The first-order valence-electron chi connectivity index (χ1n) is 3.10. The average molecular weight is 187 g/mol. The van der Waals surface area contributed by atoms with Crippen molar-refractivity contribution in [3.05, 3.63) is 34.4 Å². The molecule has 0 saturated carbocycles. The van der Waals surface area contributed by atoms with Crippen molar-refractivity contribution in [2.45, 2.75) is 0 Å². The van der Waals surface area contributed by atoms with E-state index in [2.05, 4.69) is 0 Å². The third-order valence-electron chi connectivity index (χ3n) is 1.50. The predicted molar refractivity (Wildman–Crippen MR) is 46.8 cm³/mol. The first-order chi connectivity index (χ1) is 5.29. The summed E-state index contributed by atoms with van der Waals surface area (Å²) in [5.74, 6) is -0.226. The van der Waals surface area contributed by atoms with Crippen LogP contribution in [0.5, 0.6) is 0 Å². The third-order valence-corrected chi connectivity index (χ3v) is 2.74. The summed E-state index contributed by atoms with van der Waals surface area (Å²) < 4.78 is 13.8. The van der Waals surface area contributed by atoms with Gasteiger partial charge >= 0.3 is 0 Å². The van der Waals surface area contributed by atoms with E-state index >= 15 is 0 Å². The molecule has 3 heteroatoms. The highest BCUT2D eigenvalue weighted by molar-refractivity contribution is 7.17. The van der Waals surface area contributed by atoms with Crippen molar-refractivity contribution >= 4 is 33.0 Å². The molecule has 1 aromatic heterocycles. The van der Waals surface area contributed by atoms with Crippen LogP contribution >= 0.6 is 22.9 Å². The van der Waals surface area contributed by atoms with Crippen molar-refractivity contribution in [3.63, 3.8) is 0 Å². The van der Waals surface area contributed by atoms with Gasteiger partial charge in [-0.1, -0.05) is 17.7 Å². The Morgan fingerprint density at radius 1 is 1.36 bits per heavy atom. The van der Waals surface area contributed by atoms with Gasteiger partial charge in [0.15, 0.2) is 0 Å². The van der Waals surface area contributed by atoms with Crippen LogP contribution in [0.15, 0.2) is 23.6 Å². The second-order valence-electron chi connectivity index (χ2n) is 2.20. The molecule has 0 unspecified atom stereocenters. The molecule has 0 aliphatic carbocycles. The van der Waals surface area contributed by atoms with Crippen LogP contribution in [-0.2, 0) is 0 Å². The molecule has 0 bridgehead atoms. The summed E-state index contributed by atoms with van der Waals surface area (Å²) in [5, 5.41) is 2.50. The number of halogens is 2. The molecule has 0 aliphatic rings. The Morgan fingerprint density at radius 3 is 2.91 bits per heavy atom. The van der Waals surface area contributed by atoms with Crippen molar-refractivity contribution in [2.75, 3.05) is 0 Å². The van der Waals surface area contributed by atoms with Gasteiger partial charge in [0.1, 0.15) is 5.82 Å². The highest BCUT2D eigenvalue weighted by atomic mass is 35.5. The van der Waals surface area contributed by atoms with Crippen LogP contribution in [0.4, 0.5) is 4.39 Å². The molecule has 0 atom stereocenters. The van der Waals surface area contributed by atoms with E-state index in [1.807, 2.05) is 12.1 Å². The Morgan fingerprint density at radius 2 is 2.18 bits per heavy atom. The summed E-state index contributed by atoms with van der Waals surface area (Å²) in [5.41, 5.74) is 0. The molecule has 0 spiro atoms. The molecule has 1 aromatic carbocycles. The molecular formula is C8H4ClFS. The highest BCUT2D eigenvalue weighted by Gasteiger charge is 2.05. The third kappa shape index (κ3) is 1.03. The van der Waals surface area contributed by atoms with E-state index in [0.29, 0.717) is 10.4 Å². The molecule has 0 fully saturated rings. The summed E-state index contributed by atoms with van der Waals surface area (Å²) in [7, 11) is 0. The predicted octanol–water partition coefficient (Wildman–Crippen LogP) is 3.69. The van der Waals surface area contributed by atoms with Crippen molar-refractivity contribution in [1.29, 1.82) is 0 Å². The monoisotopic (exact) mass is 186 g/mol. The molecule has 11 heavy (non-hydrogen) atoms. The Balaban J connectivity index is 2.96. The summed E-state index contributed by atoms with van der Waals surface area (Å²) in [6.07, 6.45) is 0. The van der Waals surface area contributed by atoms with Crippen LogP contribution < -0.4 is 0 Å². The minimum Gasteiger partial charge on any atom is -0.205 e. The zero-order valence-corrected chi connectivity index (χ0v) is 7.05. The molecule has 2 rings (SSSR count). The van der Waals surface area contributed by atoms with Gasteiger partial charge in [-0.25, -0.2) is 4.39 Å². The van der Waals surface area contributed by atoms with Crippen molar-refractivity contribution < 1.29 is 4.39 Å². The zero-order valence-electron chi connectivity index (χ0n) is 5.47. The van der Waals surface area contributed by atoms with Crippen LogP contribution in [-0.4, -0.2) is 0 Å². The molecule has 0 radical (unpaired) electrons. The maximum absolute atomic E-state index is 12.9. The molecule has 0 nitrogen and oxygen atoms in total. The number of hydrogen-bond acceptors (Lipinski definition) is 1. The van der Waals surface area contributed by atoms with Gasteiger partial charge in [0, 0.05) is 15.5 Å². The van der Waals surface area contributed by atoms with E-state index in [1.54, 1.807) is 6.07 Å². The smallest absolute Gasteiger partial charge is 0.143 e. The minimum atomic E-state index is -0.226. The summed E-state index contributed by atoms with van der Waals surface area (Å²) in [4.78, 5) is 0. The Kier molecular flexibility index (Phi) is 1.59. The lowest BCUT2D eigenvalue weighted by Gasteiger charge is -1.91. The second-order valence-corrected chi connectivity index (χ2v) is 3.52. The Bertz CT molecular complexity index is 394. The molecule has 0 N–H and O–H groups in total. The zero-order chi connectivity index (χ0) is 7.84. The van der Waals surface area contributed by atoms with Crippen LogP contribution in [0.1, 0.15) is 0 Å². The van der Waals surface area contributed by atoms with Gasteiger partial charge in [-0.05, 0) is 12.1 Å². The van der Waals surface area contributed by atoms with E-state index in [0.717, 1.165) is 4.70 Å². The number of hydrogen-bond donors (Lipinski definition) is 0. The fraction of sp³-hybridized carbons (Fsp3) is 0. The standard InChI is InChI=1S/C8H4ClFS/c9-5-2-1-3-7-8(5)6(10)4-11-7/h1-4H. The fourth-order valence-corrected chi connectivity index (χ4v) is 2.16. The lowest BCUT2D eigenvalue weighted by molar-refractivity contribution is 0.644. The molecule has 0 aliphatic heterocycles. The normalized spacial score (nSPS) is 10.7. The largest absolute Gasteiger partial charge is 0.205 e. The van der Waals surface area contributed by atoms with Gasteiger partial charge in [0.05, 0.1) is 5.02 Å². The molecule has 56 valence electrons. The number of benzene rings is 1. The molecular weight excluding hydrogens is 183 g/mol. The van der Waals surface area contributed by atoms with Crippen LogP contribution in [0.2, 0.25) is 5.02 Å². The van der Waals surface area contributed by atoms with Gasteiger partial charge in [-0.3, -0.25) is 0 Å².